The summed E-state index contributed by atoms with van der Waals surface area (Å²) >= 11 is 1.70. The van der Waals surface area contributed by atoms with E-state index in [2.05, 4.69) is 51.3 Å². The molecule has 0 saturated carbocycles. The molecule has 2 aromatic rings. The van der Waals surface area contributed by atoms with Gasteiger partial charge in [-0.15, -0.1) is 11.8 Å². The lowest BCUT2D eigenvalue weighted by atomic mass is 9.89. The van der Waals surface area contributed by atoms with Crippen LogP contribution in [0.4, 0.5) is 14.5 Å². The lowest BCUT2D eigenvalue weighted by Crippen LogP contribution is -2.54. The second kappa shape index (κ2) is 14.9. The van der Waals surface area contributed by atoms with E-state index in [9.17, 15) is 14.0 Å². The highest BCUT2D eigenvalue weighted by Gasteiger charge is 2.38. The minimum atomic E-state index is -0.362. The molecule has 0 spiro atoms. The first kappa shape index (κ1) is 35.8. The van der Waals surface area contributed by atoms with Crippen LogP contribution < -0.4 is 4.90 Å². The summed E-state index contributed by atoms with van der Waals surface area (Å²) in [7, 11) is 0. The van der Waals surface area contributed by atoms with Crippen molar-refractivity contribution >= 4 is 29.1 Å². The maximum absolute atomic E-state index is 15.8. The van der Waals surface area contributed by atoms with Crippen molar-refractivity contribution in [3.05, 3.63) is 65.2 Å². The first-order chi connectivity index (χ1) is 22.2. The number of rotatable bonds is 8. The highest BCUT2D eigenvalue weighted by molar-refractivity contribution is 8.00. The molecule has 0 aliphatic carbocycles. The van der Waals surface area contributed by atoms with Crippen molar-refractivity contribution in [1.29, 1.82) is 0 Å². The number of ketones is 1. The molecule has 0 N–H and O–H groups in total. The molecule has 2 aromatic carbocycles. The number of benzene rings is 2. The van der Waals surface area contributed by atoms with Gasteiger partial charge < -0.3 is 9.80 Å². The predicted octanol–water partition coefficient (Wildman–Crippen LogP) is 7.18. The fourth-order valence-electron chi connectivity index (χ4n) is 6.73. The van der Waals surface area contributed by atoms with E-state index in [0.29, 0.717) is 56.8 Å². The zero-order chi connectivity index (χ0) is 33.9. The van der Waals surface area contributed by atoms with Crippen molar-refractivity contribution in [2.24, 2.45) is 11.3 Å². The smallest absolute Gasteiger partial charge is 0.223 e. The average molecular weight is 671 g/mol. The third-order valence-electron chi connectivity index (χ3n) is 9.67. The summed E-state index contributed by atoms with van der Waals surface area (Å²) in [6.45, 7) is 18.6. The molecule has 47 heavy (non-hydrogen) atoms. The van der Waals surface area contributed by atoms with Crippen LogP contribution in [0.2, 0.25) is 0 Å². The van der Waals surface area contributed by atoms with Crippen LogP contribution in [-0.4, -0.2) is 89.8 Å². The van der Waals surface area contributed by atoms with Crippen LogP contribution in [0.3, 0.4) is 0 Å². The molecule has 258 valence electrons. The van der Waals surface area contributed by atoms with Crippen LogP contribution in [0.15, 0.2) is 42.5 Å². The Morgan fingerprint density at radius 2 is 1.55 bits per heavy atom. The maximum atomic E-state index is 15.8. The molecule has 0 aromatic heterocycles. The van der Waals surface area contributed by atoms with Crippen LogP contribution in [0.25, 0.3) is 0 Å². The first-order valence-corrected chi connectivity index (χ1v) is 18.0. The number of carbonyl (C=O) groups is 2. The van der Waals surface area contributed by atoms with Crippen LogP contribution >= 0.6 is 11.8 Å². The van der Waals surface area contributed by atoms with Gasteiger partial charge in [0.05, 0.1) is 12.3 Å². The Labute approximate surface area is 283 Å². The van der Waals surface area contributed by atoms with E-state index in [1.165, 1.54) is 24.3 Å². The summed E-state index contributed by atoms with van der Waals surface area (Å²) in [6, 6.07) is 11.1. The van der Waals surface area contributed by atoms with Crippen molar-refractivity contribution in [1.82, 2.24) is 14.9 Å². The van der Waals surface area contributed by atoms with E-state index in [1.807, 2.05) is 16.0 Å². The van der Waals surface area contributed by atoms with Crippen molar-refractivity contribution in [3.63, 3.8) is 0 Å². The minimum Gasteiger partial charge on any atom is -0.366 e. The zero-order valence-corrected chi connectivity index (χ0v) is 29.8. The van der Waals surface area contributed by atoms with Gasteiger partial charge in [0.25, 0.3) is 0 Å². The number of hydrogen-bond acceptors (Lipinski definition) is 7. The zero-order valence-electron chi connectivity index (χ0n) is 28.9. The molecule has 0 bridgehead atoms. The fraction of sp³-hybridized carbons (Fsp3) is 0.622. The van der Waals surface area contributed by atoms with Crippen LogP contribution in [0.5, 0.6) is 0 Å². The Kier molecular flexibility index (Phi) is 11.4. The molecule has 2 atom stereocenters. The Balaban J connectivity index is 1.27. The summed E-state index contributed by atoms with van der Waals surface area (Å²) in [5.41, 5.74) is 2.22. The van der Waals surface area contributed by atoms with Gasteiger partial charge in [-0.2, -0.15) is 5.06 Å². The Morgan fingerprint density at radius 1 is 0.894 bits per heavy atom. The van der Waals surface area contributed by atoms with Gasteiger partial charge in [-0.3, -0.25) is 19.3 Å². The number of piperidine rings is 1. The Hall–Kier alpha value is -2.53. The molecular weight excluding hydrogens is 618 g/mol. The van der Waals surface area contributed by atoms with Gasteiger partial charge >= 0.3 is 0 Å². The lowest BCUT2D eigenvalue weighted by molar-refractivity contribution is -0.180. The summed E-state index contributed by atoms with van der Waals surface area (Å²) in [6.07, 6.45) is 2.41. The van der Waals surface area contributed by atoms with Crippen molar-refractivity contribution in [2.45, 2.75) is 83.4 Å². The molecule has 3 heterocycles. The standard InChI is InChI=1S/C37H52F2N4O3S/c1-36(2,3)16-19-43-35(30-8-7-9-31(39)33(30)41-20-22-42(23-21-41)37(4,5)6)47-29(25-46-43)24-32(44)40-17-14-27(15-18-40)34(45)26-10-12-28(38)13-11-26/h7-13,27,29,35H,14-25H2,1-6H3/t29-,35?/m0/s1. The van der Waals surface area contributed by atoms with Crippen LogP contribution in [0, 0.1) is 23.0 Å². The molecule has 3 fully saturated rings. The van der Waals surface area contributed by atoms with E-state index in [-0.39, 0.29) is 50.8 Å². The SMILES string of the molecule is CC(C)(C)CCN1OC[C@H](CC(=O)N2CCC(C(=O)c3ccc(F)cc3)CC2)SC1c1cccc(F)c1N1CCN(C(C)(C)C)CC1. The number of thioether (sulfide) groups is 1. The number of para-hydroxylation sites is 1. The molecule has 10 heteroatoms. The van der Waals surface area contributed by atoms with Crippen molar-refractivity contribution in [2.75, 3.05) is 57.3 Å². The van der Waals surface area contributed by atoms with Gasteiger partial charge in [0.1, 0.15) is 17.0 Å². The topological polar surface area (TPSA) is 56.3 Å². The molecule has 3 aliphatic heterocycles. The Morgan fingerprint density at radius 3 is 2.17 bits per heavy atom. The van der Waals surface area contributed by atoms with Gasteiger partial charge in [0.15, 0.2) is 5.78 Å². The van der Waals surface area contributed by atoms with E-state index in [4.69, 9.17) is 4.84 Å². The number of piperazine rings is 1. The highest BCUT2D eigenvalue weighted by atomic mass is 32.2. The number of likely N-dealkylation sites (tertiary alicyclic amines) is 1. The number of hydroxylamine groups is 2. The molecule has 0 radical (unpaired) electrons. The maximum Gasteiger partial charge on any atom is 0.223 e. The third-order valence-corrected chi connectivity index (χ3v) is 11.1. The number of nitrogens with zero attached hydrogens (tertiary/aromatic N) is 4. The molecule has 1 amide bonds. The van der Waals surface area contributed by atoms with Crippen LogP contribution in [0.1, 0.15) is 88.5 Å². The van der Waals surface area contributed by atoms with E-state index < -0.39 is 0 Å². The summed E-state index contributed by atoms with van der Waals surface area (Å²) < 4.78 is 29.1. The molecule has 1 unspecified atom stereocenters. The van der Waals surface area contributed by atoms with E-state index in [0.717, 1.165) is 38.2 Å². The molecule has 7 nitrogen and oxygen atoms in total. The summed E-state index contributed by atoms with van der Waals surface area (Å²) in [5, 5.41) is 1.66. The number of amides is 1. The van der Waals surface area contributed by atoms with Gasteiger partial charge in [-0.1, -0.05) is 32.9 Å². The Bertz CT molecular complexity index is 1380. The van der Waals surface area contributed by atoms with Crippen LogP contribution in [-0.2, 0) is 9.63 Å². The van der Waals surface area contributed by atoms with Gasteiger partial charge in [0, 0.05) is 80.1 Å². The minimum absolute atomic E-state index is 0.0113. The predicted molar refractivity (Wildman–Crippen MR) is 185 cm³/mol. The first-order valence-electron chi connectivity index (χ1n) is 17.1. The second-order valence-electron chi connectivity index (χ2n) is 15.4. The normalized spacial score (nSPS) is 22.5. The molecule has 3 saturated heterocycles. The van der Waals surface area contributed by atoms with Gasteiger partial charge in [-0.05, 0) is 75.8 Å². The third kappa shape index (κ3) is 9.13. The van der Waals surface area contributed by atoms with Gasteiger partial charge in [0.2, 0.25) is 5.91 Å². The average Bonchev–Trinajstić information content (AvgIpc) is 3.03. The lowest BCUT2D eigenvalue weighted by Gasteiger charge is -2.45. The molecular formula is C37H52F2N4O3S. The molecule has 3 aliphatic rings. The fourth-order valence-corrected chi connectivity index (χ4v) is 8.11. The van der Waals surface area contributed by atoms with E-state index in [1.54, 1.807) is 23.9 Å². The molecule has 5 rings (SSSR count). The van der Waals surface area contributed by atoms with Gasteiger partial charge in [-0.25, -0.2) is 8.78 Å². The quantitative estimate of drug-likeness (QED) is 0.276. The number of carbonyl (C=O) groups excluding carboxylic acids is 2. The number of Topliss-reactive ketones (excluding diaryl/α,β-unsaturated/α-hetero) is 1. The van der Waals surface area contributed by atoms with E-state index >= 15 is 4.39 Å². The monoisotopic (exact) mass is 670 g/mol. The van der Waals surface area contributed by atoms with Crippen molar-refractivity contribution < 1.29 is 23.2 Å². The highest BCUT2D eigenvalue weighted by Crippen LogP contribution is 2.46. The number of halogens is 2. The number of hydrogen-bond donors (Lipinski definition) is 0. The summed E-state index contributed by atoms with van der Waals surface area (Å²) in [4.78, 5) is 39.4. The summed E-state index contributed by atoms with van der Waals surface area (Å²) in [5.74, 6) is -0.692. The number of anilines is 1. The largest absolute Gasteiger partial charge is 0.366 e. The van der Waals surface area contributed by atoms with Crippen molar-refractivity contribution in [3.8, 4) is 0 Å². The second-order valence-corrected chi connectivity index (χ2v) is 16.8.